The third kappa shape index (κ3) is 3.25. The van der Waals surface area contributed by atoms with Gasteiger partial charge in [-0.3, -0.25) is 14.9 Å². The van der Waals surface area contributed by atoms with Crippen molar-refractivity contribution in [2.45, 2.75) is 19.3 Å². The number of carboxylic acids is 1. The maximum absolute atomic E-state index is 10.8. The molecular weight excluding hydrogens is 224 g/mol. The number of benzene rings is 1. The second kappa shape index (κ2) is 5.40. The smallest absolute Gasteiger partial charge is 0.304 e. The number of hydrogen-bond donors (Lipinski definition) is 2. The van der Waals surface area contributed by atoms with E-state index in [1.165, 1.54) is 6.07 Å². The van der Waals surface area contributed by atoms with Crippen LogP contribution >= 0.6 is 0 Å². The van der Waals surface area contributed by atoms with Gasteiger partial charge in [0.1, 0.15) is 0 Å². The van der Waals surface area contributed by atoms with Crippen molar-refractivity contribution >= 4 is 11.7 Å². The maximum atomic E-state index is 10.8. The summed E-state index contributed by atoms with van der Waals surface area (Å²) in [6.07, 6.45) is -0.128. The third-order valence-corrected chi connectivity index (χ3v) is 2.61. The van der Waals surface area contributed by atoms with Crippen LogP contribution in [0.4, 0.5) is 5.69 Å². The van der Waals surface area contributed by atoms with E-state index in [4.69, 9.17) is 10.8 Å². The fourth-order valence-corrected chi connectivity index (χ4v) is 1.63. The van der Waals surface area contributed by atoms with Gasteiger partial charge in [0.15, 0.2) is 0 Å². The molecule has 0 fully saturated rings. The number of carbonyl (C=O) groups is 1. The Morgan fingerprint density at radius 2 is 2.24 bits per heavy atom. The summed E-state index contributed by atoms with van der Waals surface area (Å²) in [5, 5.41) is 19.5. The standard InChI is InChI=1S/C11H14N2O4/c1-7-2-3-8(4-10(7)13(16)17)9(6-12)5-11(14)15/h2-4,9H,5-6,12H2,1H3,(H,14,15). The van der Waals surface area contributed by atoms with Crippen LogP contribution in [0.2, 0.25) is 0 Å². The highest BCUT2D eigenvalue weighted by Gasteiger charge is 2.18. The molecule has 0 heterocycles. The average molecular weight is 238 g/mol. The molecule has 0 saturated heterocycles. The second-order valence-corrected chi connectivity index (χ2v) is 3.83. The lowest BCUT2D eigenvalue weighted by Gasteiger charge is -2.12. The van der Waals surface area contributed by atoms with E-state index in [0.717, 1.165) is 0 Å². The monoisotopic (exact) mass is 238 g/mol. The summed E-state index contributed by atoms with van der Waals surface area (Å²) in [5.41, 5.74) is 6.61. The SMILES string of the molecule is Cc1ccc(C(CN)CC(=O)O)cc1[N+](=O)[O-]. The summed E-state index contributed by atoms with van der Waals surface area (Å²) in [4.78, 5) is 20.9. The fourth-order valence-electron chi connectivity index (χ4n) is 1.63. The van der Waals surface area contributed by atoms with Gasteiger partial charge in [0.2, 0.25) is 0 Å². The van der Waals surface area contributed by atoms with Gasteiger partial charge in [-0.2, -0.15) is 0 Å². The van der Waals surface area contributed by atoms with Gasteiger partial charge in [0.25, 0.3) is 5.69 Å². The highest BCUT2D eigenvalue weighted by Crippen LogP contribution is 2.25. The number of aryl methyl sites for hydroxylation is 1. The van der Waals surface area contributed by atoms with E-state index in [1.807, 2.05) is 0 Å². The summed E-state index contributed by atoms with van der Waals surface area (Å²) >= 11 is 0. The molecule has 0 bridgehead atoms. The van der Waals surface area contributed by atoms with E-state index >= 15 is 0 Å². The number of rotatable bonds is 5. The molecule has 0 amide bonds. The molecule has 1 unspecified atom stereocenters. The molecule has 0 saturated carbocycles. The summed E-state index contributed by atoms with van der Waals surface area (Å²) < 4.78 is 0. The topological polar surface area (TPSA) is 106 Å². The van der Waals surface area contributed by atoms with Crippen molar-refractivity contribution in [2.75, 3.05) is 6.54 Å². The van der Waals surface area contributed by atoms with Crippen LogP contribution < -0.4 is 5.73 Å². The molecule has 0 spiro atoms. The molecule has 0 radical (unpaired) electrons. The van der Waals surface area contributed by atoms with E-state index in [2.05, 4.69) is 0 Å². The number of nitro benzene ring substituents is 1. The van der Waals surface area contributed by atoms with Crippen molar-refractivity contribution in [3.63, 3.8) is 0 Å². The first-order chi connectivity index (χ1) is 7.95. The van der Waals surface area contributed by atoms with E-state index in [1.54, 1.807) is 19.1 Å². The Morgan fingerprint density at radius 3 is 2.71 bits per heavy atom. The van der Waals surface area contributed by atoms with Crippen molar-refractivity contribution < 1.29 is 14.8 Å². The van der Waals surface area contributed by atoms with Gasteiger partial charge >= 0.3 is 5.97 Å². The van der Waals surface area contributed by atoms with Gasteiger partial charge in [0.05, 0.1) is 11.3 Å². The number of nitrogens with two attached hydrogens (primary N) is 1. The maximum Gasteiger partial charge on any atom is 0.304 e. The van der Waals surface area contributed by atoms with Crippen LogP contribution in [0, 0.1) is 17.0 Å². The zero-order chi connectivity index (χ0) is 13.0. The van der Waals surface area contributed by atoms with Crippen molar-refractivity contribution in [2.24, 2.45) is 5.73 Å². The zero-order valence-electron chi connectivity index (χ0n) is 9.42. The molecule has 0 aliphatic carbocycles. The predicted octanol–water partition coefficient (Wildman–Crippen LogP) is 1.42. The van der Waals surface area contributed by atoms with Crippen molar-refractivity contribution in [3.05, 3.63) is 39.4 Å². The highest BCUT2D eigenvalue weighted by atomic mass is 16.6. The largest absolute Gasteiger partial charge is 0.481 e. The predicted molar refractivity (Wildman–Crippen MR) is 61.9 cm³/mol. The van der Waals surface area contributed by atoms with Crippen LogP contribution in [0.1, 0.15) is 23.5 Å². The van der Waals surface area contributed by atoms with E-state index in [0.29, 0.717) is 11.1 Å². The summed E-state index contributed by atoms with van der Waals surface area (Å²) in [6, 6.07) is 4.69. The van der Waals surface area contributed by atoms with Crippen LogP contribution in [0.3, 0.4) is 0 Å². The second-order valence-electron chi connectivity index (χ2n) is 3.83. The Bertz CT molecular complexity index is 445. The van der Waals surface area contributed by atoms with Gasteiger partial charge in [-0.05, 0) is 19.0 Å². The molecule has 1 atom stereocenters. The summed E-state index contributed by atoms with van der Waals surface area (Å²) in [5.74, 6) is -1.37. The minimum atomic E-state index is -0.969. The molecule has 3 N–H and O–H groups in total. The van der Waals surface area contributed by atoms with Gasteiger partial charge in [-0.25, -0.2) is 0 Å². The van der Waals surface area contributed by atoms with E-state index in [-0.39, 0.29) is 18.7 Å². The third-order valence-electron chi connectivity index (χ3n) is 2.61. The minimum Gasteiger partial charge on any atom is -0.481 e. The van der Waals surface area contributed by atoms with Crippen LogP contribution in [0.15, 0.2) is 18.2 Å². The molecule has 0 aliphatic rings. The van der Waals surface area contributed by atoms with Gasteiger partial charge in [-0.15, -0.1) is 0 Å². The zero-order valence-corrected chi connectivity index (χ0v) is 9.42. The first-order valence-corrected chi connectivity index (χ1v) is 5.12. The van der Waals surface area contributed by atoms with Crippen LogP contribution in [0.5, 0.6) is 0 Å². The number of nitro groups is 1. The molecule has 6 heteroatoms. The number of aliphatic carboxylic acids is 1. The van der Waals surface area contributed by atoms with Gasteiger partial charge in [-0.1, -0.05) is 12.1 Å². The molecule has 6 nitrogen and oxygen atoms in total. The quantitative estimate of drug-likeness (QED) is 0.596. The molecule has 0 aromatic heterocycles. The lowest BCUT2D eigenvalue weighted by Crippen LogP contribution is -2.16. The molecule has 92 valence electrons. The first-order valence-electron chi connectivity index (χ1n) is 5.12. The van der Waals surface area contributed by atoms with Gasteiger partial charge < -0.3 is 10.8 Å². The summed E-state index contributed by atoms with van der Waals surface area (Å²) in [6.45, 7) is 1.78. The average Bonchev–Trinajstić information content (AvgIpc) is 2.26. The van der Waals surface area contributed by atoms with Crippen LogP contribution in [-0.4, -0.2) is 22.5 Å². The normalized spacial score (nSPS) is 12.1. The summed E-state index contributed by atoms with van der Waals surface area (Å²) in [7, 11) is 0. The highest BCUT2D eigenvalue weighted by molar-refractivity contribution is 5.68. The molecule has 1 rings (SSSR count). The Balaban J connectivity index is 3.08. The number of nitrogens with zero attached hydrogens (tertiary/aromatic N) is 1. The van der Waals surface area contributed by atoms with E-state index < -0.39 is 16.8 Å². The van der Waals surface area contributed by atoms with Gasteiger partial charge in [0, 0.05) is 17.5 Å². The Labute approximate surface area is 98.2 Å². The van der Waals surface area contributed by atoms with Crippen molar-refractivity contribution in [3.8, 4) is 0 Å². The Morgan fingerprint density at radius 1 is 1.59 bits per heavy atom. The van der Waals surface area contributed by atoms with Crippen LogP contribution in [0.25, 0.3) is 0 Å². The van der Waals surface area contributed by atoms with Crippen molar-refractivity contribution in [1.29, 1.82) is 0 Å². The first kappa shape index (κ1) is 13.1. The number of hydrogen-bond acceptors (Lipinski definition) is 4. The van der Waals surface area contributed by atoms with E-state index in [9.17, 15) is 14.9 Å². The fraction of sp³-hybridized carbons (Fsp3) is 0.364. The molecule has 1 aromatic carbocycles. The molecule has 1 aromatic rings. The lowest BCUT2D eigenvalue weighted by atomic mass is 9.94. The Hall–Kier alpha value is -1.95. The van der Waals surface area contributed by atoms with Crippen molar-refractivity contribution in [1.82, 2.24) is 0 Å². The Kier molecular flexibility index (Phi) is 4.17. The lowest BCUT2D eigenvalue weighted by molar-refractivity contribution is -0.385. The molecule has 0 aliphatic heterocycles. The molecular formula is C11H14N2O4. The number of carboxylic acid groups (broad SMARTS) is 1. The van der Waals surface area contributed by atoms with Crippen LogP contribution in [-0.2, 0) is 4.79 Å². The minimum absolute atomic E-state index is 0.00802. The molecule has 17 heavy (non-hydrogen) atoms.